The van der Waals surface area contributed by atoms with Crippen LogP contribution in [0.4, 0.5) is 0 Å². The zero-order valence-electron chi connectivity index (χ0n) is 6.77. The average Bonchev–Trinajstić information content (AvgIpc) is 2.05. The monoisotopic (exact) mass is 156 g/mol. The predicted octanol–water partition coefficient (Wildman–Crippen LogP) is -0.866. The minimum atomic E-state index is 0.251. The number of rotatable bonds is 1. The average molecular weight is 156 g/mol. The Kier molecular flexibility index (Phi) is 2.46. The minimum absolute atomic E-state index is 0.251. The van der Waals surface area contributed by atoms with Crippen molar-refractivity contribution in [3.8, 4) is 0 Å². The molecule has 1 saturated heterocycles. The van der Waals surface area contributed by atoms with Crippen molar-refractivity contribution in [2.24, 2.45) is 5.73 Å². The summed E-state index contributed by atoms with van der Waals surface area (Å²) in [6, 6.07) is 0. The van der Waals surface area contributed by atoms with Gasteiger partial charge in [0.05, 0.1) is 19.6 Å². The van der Waals surface area contributed by atoms with Crippen molar-refractivity contribution in [1.29, 1.82) is 5.41 Å². The first-order valence-corrected chi connectivity index (χ1v) is 3.92. The van der Waals surface area contributed by atoms with E-state index in [9.17, 15) is 0 Å². The molecule has 1 aliphatic heterocycles. The summed E-state index contributed by atoms with van der Waals surface area (Å²) < 4.78 is 0.562. The summed E-state index contributed by atoms with van der Waals surface area (Å²) in [6.07, 6.45) is 0. The Labute approximate surface area is 67.5 Å². The summed E-state index contributed by atoms with van der Waals surface area (Å²) in [5.41, 5.74) is 5.50. The molecule has 0 unspecified atom stereocenters. The Morgan fingerprint density at radius 3 is 2.36 bits per heavy atom. The molecule has 1 heterocycles. The molecule has 11 heavy (non-hydrogen) atoms. The quantitative estimate of drug-likeness (QED) is 0.263. The van der Waals surface area contributed by atoms with Gasteiger partial charge in [-0.1, -0.05) is 0 Å². The van der Waals surface area contributed by atoms with Crippen molar-refractivity contribution in [3.63, 3.8) is 0 Å². The van der Waals surface area contributed by atoms with Crippen molar-refractivity contribution in [2.75, 3.05) is 32.7 Å². The maximum absolute atomic E-state index is 7.42. The first-order chi connectivity index (χ1) is 5.21. The van der Waals surface area contributed by atoms with E-state index in [-0.39, 0.29) is 5.96 Å². The van der Waals surface area contributed by atoms with Crippen molar-refractivity contribution >= 4 is 5.96 Å². The molecule has 0 aromatic rings. The van der Waals surface area contributed by atoms with Gasteiger partial charge in [0.1, 0.15) is 0 Å². The second-order valence-corrected chi connectivity index (χ2v) is 2.95. The van der Waals surface area contributed by atoms with E-state index in [1.54, 1.807) is 0 Å². The lowest BCUT2D eigenvalue weighted by atomic mass is 10.3. The van der Waals surface area contributed by atoms with Crippen LogP contribution in [-0.4, -0.2) is 43.2 Å². The molecular formula is C7H16N4+. The third-order valence-corrected chi connectivity index (χ3v) is 2.37. The summed E-state index contributed by atoms with van der Waals surface area (Å²) in [5, 5.41) is 10.7. The van der Waals surface area contributed by atoms with Gasteiger partial charge >= 0.3 is 0 Å². The number of guanidine groups is 1. The first kappa shape index (κ1) is 8.49. The fourth-order valence-corrected chi connectivity index (χ4v) is 1.41. The molecule has 0 aromatic carbocycles. The summed E-state index contributed by atoms with van der Waals surface area (Å²) >= 11 is 0. The third kappa shape index (κ3) is 1.52. The van der Waals surface area contributed by atoms with Gasteiger partial charge in [-0.3, -0.25) is 4.48 Å². The van der Waals surface area contributed by atoms with Gasteiger partial charge in [0.25, 0.3) is 5.96 Å². The van der Waals surface area contributed by atoms with Crippen molar-refractivity contribution in [1.82, 2.24) is 5.32 Å². The molecule has 0 amide bonds. The molecule has 1 radical (unpaired) electrons. The molecule has 4 heteroatoms. The van der Waals surface area contributed by atoms with Crippen LogP contribution in [0.3, 0.4) is 0 Å². The molecule has 63 valence electrons. The van der Waals surface area contributed by atoms with Crippen LogP contribution >= 0.6 is 0 Å². The zero-order chi connectivity index (χ0) is 8.32. The van der Waals surface area contributed by atoms with Crippen LogP contribution in [-0.2, 0) is 0 Å². The van der Waals surface area contributed by atoms with Crippen LogP contribution in [0, 0.1) is 12.3 Å². The molecule has 1 fully saturated rings. The standard InChI is InChI=1S/C7H16N4/c1-2-11(7(8)9)5-3-10-4-6-11/h10H,1-6H2,(H3,8,9)/q+1. The van der Waals surface area contributed by atoms with Gasteiger partial charge in [0, 0.05) is 20.0 Å². The predicted molar refractivity (Wildman–Crippen MR) is 45.0 cm³/mol. The van der Waals surface area contributed by atoms with Crippen LogP contribution in [0.2, 0.25) is 0 Å². The van der Waals surface area contributed by atoms with E-state index in [1.165, 1.54) is 0 Å². The Balaban J connectivity index is 2.64. The topological polar surface area (TPSA) is 61.9 Å². The zero-order valence-corrected chi connectivity index (χ0v) is 6.77. The molecule has 4 nitrogen and oxygen atoms in total. The molecular weight excluding hydrogens is 140 g/mol. The van der Waals surface area contributed by atoms with Gasteiger partial charge in [-0.2, -0.15) is 0 Å². The highest BCUT2D eigenvalue weighted by atomic mass is 15.4. The number of hydrogen-bond donors (Lipinski definition) is 3. The van der Waals surface area contributed by atoms with Crippen LogP contribution < -0.4 is 11.1 Å². The Bertz CT molecular complexity index is 149. The maximum Gasteiger partial charge on any atom is 0.292 e. The number of quaternary nitrogens is 1. The van der Waals surface area contributed by atoms with Crippen LogP contribution in [0.5, 0.6) is 0 Å². The first-order valence-electron chi connectivity index (χ1n) is 3.92. The maximum atomic E-state index is 7.42. The molecule has 0 aliphatic carbocycles. The van der Waals surface area contributed by atoms with Crippen molar-refractivity contribution in [2.45, 2.75) is 0 Å². The lowest BCUT2D eigenvalue weighted by molar-refractivity contribution is -0.840. The van der Waals surface area contributed by atoms with Gasteiger partial charge in [0.2, 0.25) is 0 Å². The number of nitrogens with two attached hydrogens (primary N) is 1. The van der Waals surface area contributed by atoms with Gasteiger partial charge in [-0.15, -0.1) is 0 Å². The van der Waals surface area contributed by atoms with Crippen molar-refractivity contribution in [3.05, 3.63) is 6.92 Å². The molecule has 4 N–H and O–H groups in total. The Morgan fingerprint density at radius 1 is 1.55 bits per heavy atom. The van der Waals surface area contributed by atoms with E-state index in [4.69, 9.17) is 11.1 Å². The fourth-order valence-electron chi connectivity index (χ4n) is 1.41. The fraction of sp³-hybridized carbons (Fsp3) is 0.714. The lowest BCUT2D eigenvalue weighted by Gasteiger charge is -2.38. The van der Waals surface area contributed by atoms with E-state index in [1.807, 2.05) is 0 Å². The van der Waals surface area contributed by atoms with Gasteiger partial charge in [0.15, 0.2) is 0 Å². The van der Waals surface area contributed by atoms with Gasteiger partial charge in [-0.25, -0.2) is 5.41 Å². The molecule has 0 bridgehead atoms. The number of nitrogens with zero attached hydrogens (tertiary/aromatic N) is 1. The molecule has 0 aromatic heterocycles. The van der Waals surface area contributed by atoms with Crippen LogP contribution in [0.1, 0.15) is 0 Å². The lowest BCUT2D eigenvalue weighted by Crippen LogP contribution is -2.63. The second kappa shape index (κ2) is 3.19. The second-order valence-electron chi connectivity index (χ2n) is 2.95. The van der Waals surface area contributed by atoms with E-state index < -0.39 is 0 Å². The van der Waals surface area contributed by atoms with E-state index in [0.717, 1.165) is 26.2 Å². The molecule has 0 spiro atoms. The third-order valence-electron chi connectivity index (χ3n) is 2.37. The van der Waals surface area contributed by atoms with Gasteiger partial charge in [-0.05, 0) is 0 Å². The molecule has 1 rings (SSSR count). The number of nitrogens with one attached hydrogen (secondary N) is 2. The van der Waals surface area contributed by atoms with E-state index in [0.29, 0.717) is 11.0 Å². The minimum Gasteiger partial charge on any atom is -0.338 e. The van der Waals surface area contributed by atoms with Crippen molar-refractivity contribution < 1.29 is 4.48 Å². The molecule has 0 atom stereocenters. The Hall–Kier alpha value is -0.610. The highest BCUT2D eigenvalue weighted by Crippen LogP contribution is 2.06. The molecule has 1 aliphatic rings. The van der Waals surface area contributed by atoms with E-state index in [2.05, 4.69) is 12.2 Å². The summed E-state index contributed by atoms with van der Waals surface area (Å²) in [4.78, 5) is 0. The summed E-state index contributed by atoms with van der Waals surface area (Å²) in [6.45, 7) is 8.20. The smallest absolute Gasteiger partial charge is 0.292 e. The van der Waals surface area contributed by atoms with Crippen LogP contribution in [0.15, 0.2) is 0 Å². The summed E-state index contributed by atoms with van der Waals surface area (Å²) in [7, 11) is 0. The normalized spacial score (nSPS) is 23.0. The SMILES string of the molecule is [CH2]C[N+]1(C(=N)N)CCNCC1. The number of hydrogen-bond acceptors (Lipinski definition) is 2. The number of piperazine rings is 1. The summed E-state index contributed by atoms with van der Waals surface area (Å²) in [5.74, 6) is 0.251. The highest BCUT2D eigenvalue weighted by molar-refractivity contribution is 5.67. The van der Waals surface area contributed by atoms with Gasteiger partial charge < -0.3 is 11.1 Å². The Morgan fingerprint density at radius 2 is 2.09 bits per heavy atom. The largest absolute Gasteiger partial charge is 0.338 e. The molecule has 0 saturated carbocycles. The highest BCUT2D eigenvalue weighted by Gasteiger charge is 2.31. The van der Waals surface area contributed by atoms with Crippen LogP contribution in [0.25, 0.3) is 0 Å². The van der Waals surface area contributed by atoms with E-state index >= 15 is 0 Å².